The second-order valence-electron chi connectivity index (χ2n) is 5.97. The van der Waals surface area contributed by atoms with E-state index in [-0.39, 0.29) is 0 Å². The standard InChI is InChI=1S/C16H32N4OS/c1-3-17-16(18-7-4-5-13-22-2)20-8-6-15(14-20)19-9-11-21-12-10-19/h15H,3-14H2,1-2H3,(H,17,18). The minimum atomic E-state index is 0.671. The lowest BCUT2D eigenvalue weighted by molar-refractivity contribution is 0.0195. The molecule has 0 aromatic heterocycles. The zero-order chi connectivity index (χ0) is 15.6. The van der Waals surface area contributed by atoms with Crippen molar-refractivity contribution in [2.75, 3.05) is 64.5 Å². The van der Waals surface area contributed by atoms with E-state index in [0.29, 0.717) is 6.04 Å². The van der Waals surface area contributed by atoms with E-state index >= 15 is 0 Å². The second-order valence-corrected chi connectivity index (χ2v) is 6.96. The number of thioether (sulfide) groups is 1. The molecule has 2 fully saturated rings. The van der Waals surface area contributed by atoms with Gasteiger partial charge in [0.2, 0.25) is 0 Å². The van der Waals surface area contributed by atoms with Crippen molar-refractivity contribution in [3.05, 3.63) is 0 Å². The summed E-state index contributed by atoms with van der Waals surface area (Å²) in [5.74, 6) is 2.36. The number of aliphatic imine (C=N–C) groups is 1. The lowest BCUT2D eigenvalue weighted by atomic mass is 10.2. The van der Waals surface area contributed by atoms with Crippen LogP contribution in [0.1, 0.15) is 26.2 Å². The van der Waals surface area contributed by atoms with Crippen molar-refractivity contribution in [3.63, 3.8) is 0 Å². The Morgan fingerprint density at radius 3 is 2.82 bits per heavy atom. The summed E-state index contributed by atoms with van der Waals surface area (Å²) in [6.07, 6.45) is 5.87. The van der Waals surface area contributed by atoms with Gasteiger partial charge >= 0.3 is 0 Å². The predicted octanol–water partition coefficient (Wildman–Crippen LogP) is 1.50. The average molecular weight is 329 g/mol. The quantitative estimate of drug-likeness (QED) is 0.436. The Hall–Kier alpha value is -0.460. The minimum Gasteiger partial charge on any atom is -0.379 e. The third kappa shape index (κ3) is 5.63. The number of nitrogens with zero attached hydrogens (tertiary/aromatic N) is 3. The van der Waals surface area contributed by atoms with E-state index in [1.165, 1.54) is 25.0 Å². The molecule has 0 amide bonds. The van der Waals surface area contributed by atoms with Crippen LogP contribution in [0.3, 0.4) is 0 Å². The summed E-state index contributed by atoms with van der Waals surface area (Å²) in [6.45, 7) is 10.2. The summed E-state index contributed by atoms with van der Waals surface area (Å²) in [5, 5.41) is 3.47. The van der Waals surface area contributed by atoms with Gasteiger partial charge < -0.3 is 15.0 Å². The van der Waals surface area contributed by atoms with Crippen LogP contribution in [0.4, 0.5) is 0 Å². The molecule has 0 bridgehead atoms. The van der Waals surface area contributed by atoms with Gasteiger partial charge in [-0.25, -0.2) is 0 Å². The molecule has 0 aromatic carbocycles. The number of morpholine rings is 1. The van der Waals surface area contributed by atoms with Crippen molar-refractivity contribution in [2.24, 2.45) is 4.99 Å². The molecule has 0 aromatic rings. The first-order valence-corrected chi connectivity index (χ1v) is 10.1. The van der Waals surface area contributed by atoms with Crippen LogP contribution in [-0.4, -0.2) is 86.3 Å². The Bertz CT molecular complexity index is 334. The fraction of sp³-hybridized carbons (Fsp3) is 0.938. The molecule has 0 radical (unpaired) electrons. The molecule has 2 aliphatic heterocycles. The van der Waals surface area contributed by atoms with E-state index in [4.69, 9.17) is 9.73 Å². The maximum Gasteiger partial charge on any atom is 0.193 e. The summed E-state index contributed by atoms with van der Waals surface area (Å²) >= 11 is 1.92. The largest absolute Gasteiger partial charge is 0.379 e. The van der Waals surface area contributed by atoms with Gasteiger partial charge in [0.25, 0.3) is 0 Å². The van der Waals surface area contributed by atoms with E-state index < -0.39 is 0 Å². The molecule has 2 heterocycles. The van der Waals surface area contributed by atoms with Gasteiger partial charge in [0.05, 0.1) is 13.2 Å². The average Bonchev–Trinajstić information content (AvgIpc) is 3.04. The smallest absolute Gasteiger partial charge is 0.193 e. The molecule has 0 aliphatic carbocycles. The molecule has 2 rings (SSSR count). The van der Waals surface area contributed by atoms with Gasteiger partial charge in [-0.3, -0.25) is 9.89 Å². The van der Waals surface area contributed by atoms with E-state index in [1.807, 2.05) is 11.8 Å². The van der Waals surface area contributed by atoms with Crippen LogP contribution < -0.4 is 5.32 Å². The Labute approximate surface area is 139 Å². The van der Waals surface area contributed by atoms with Gasteiger partial charge in [0.15, 0.2) is 5.96 Å². The highest BCUT2D eigenvalue weighted by Crippen LogP contribution is 2.17. The van der Waals surface area contributed by atoms with Gasteiger partial charge in [-0.1, -0.05) is 0 Å². The zero-order valence-corrected chi connectivity index (χ0v) is 15.0. The molecule has 5 nitrogen and oxygen atoms in total. The van der Waals surface area contributed by atoms with Crippen molar-refractivity contribution < 1.29 is 4.74 Å². The van der Waals surface area contributed by atoms with Crippen LogP contribution in [0.5, 0.6) is 0 Å². The Kier molecular flexibility index (Phi) is 8.41. The molecule has 22 heavy (non-hydrogen) atoms. The number of rotatable bonds is 7. The number of ether oxygens (including phenoxy) is 1. The van der Waals surface area contributed by atoms with Gasteiger partial charge in [-0.15, -0.1) is 0 Å². The molecule has 0 spiro atoms. The fourth-order valence-electron chi connectivity index (χ4n) is 3.14. The highest BCUT2D eigenvalue weighted by atomic mass is 32.2. The van der Waals surface area contributed by atoms with Gasteiger partial charge in [-0.2, -0.15) is 11.8 Å². The number of unbranched alkanes of at least 4 members (excludes halogenated alkanes) is 1. The van der Waals surface area contributed by atoms with E-state index in [0.717, 1.165) is 58.4 Å². The monoisotopic (exact) mass is 328 g/mol. The number of hydrogen-bond acceptors (Lipinski definition) is 4. The first kappa shape index (κ1) is 17.9. The Balaban J connectivity index is 1.79. The summed E-state index contributed by atoms with van der Waals surface area (Å²) in [6, 6.07) is 0.671. The molecule has 6 heteroatoms. The molecule has 2 aliphatic rings. The Morgan fingerprint density at radius 1 is 1.27 bits per heavy atom. The van der Waals surface area contributed by atoms with Crippen molar-refractivity contribution in [2.45, 2.75) is 32.2 Å². The number of hydrogen-bond donors (Lipinski definition) is 1. The Morgan fingerprint density at radius 2 is 2.09 bits per heavy atom. The van der Waals surface area contributed by atoms with Crippen LogP contribution in [0.15, 0.2) is 4.99 Å². The van der Waals surface area contributed by atoms with Gasteiger partial charge in [0.1, 0.15) is 0 Å². The molecular formula is C16H32N4OS. The molecule has 1 N–H and O–H groups in total. The topological polar surface area (TPSA) is 40.1 Å². The first-order chi connectivity index (χ1) is 10.8. The lowest BCUT2D eigenvalue weighted by Gasteiger charge is -2.32. The van der Waals surface area contributed by atoms with Crippen LogP contribution in [0.2, 0.25) is 0 Å². The highest BCUT2D eigenvalue weighted by molar-refractivity contribution is 7.98. The van der Waals surface area contributed by atoms with Crippen LogP contribution >= 0.6 is 11.8 Å². The van der Waals surface area contributed by atoms with Crippen LogP contribution in [0, 0.1) is 0 Å². The predicted molar refractivity (Wildman–Crippen MR) is 96.0 cm³/mol. The maximum atomic E-state index is 5.46. The summed E-state index contributed by atoms with van der Waals surface area (Å²) in [7, 11) is 0. The van der Waals surface area contributed by atoms with Crippen molar-refractivity contribution >= 4 is 17.7 Å². The summed E-state index contributed by atoms with van der Waals surface area (Å²) in [4.78, 5) is 9.86. The fourth-order valence-corrected chi connectivity index (χ4v) is 3.64. The van der Waals surface area contributed by atoms with E-state index in [1.54, 1.807) is 0 Å². The maximum absolute atomic E-state index is 5.46. The SMILES string of the molecule is CCNC(=NCCCCSC)N1CCC(N2CCOCC2)C1. The summed E-state index contributed by atoms with van der Waals surface area (Å²) in [5.41, 5.74) is 0. The van der Waals surface area contributed by atoms with Crippen LogP contribution in [-0.2, 0) is 4.74 Å². The second kappa shape index (κ2) is 10.3. The molecule has 1 atom stereocenters. The third-order valence-electron chi connectivity index (χ3n) is 4.38. The molecule has 128 valence electrons. The van der Waals surface area contributed by atoms with Crippen molar-refractivity contribution in [3.8, 4) is 0 Å². The number of guanidine groups is 1. The lowest BCUT2D eigenvalue weighted by Crippen LogP contribution is -2.46. The normalized spacial score (nSPS) is 24.0. The van der Waals surface area contributed by atoms with Gasteiger partial charge in [-0.05, 0) is 38.2 Å². The highest BCUT2D eigenvalue weighted by Gasteiger charge is 2.30. The van der Waals surface area contributed by atoms with Crippen LogP contribution in [0.25, 0.3) is 0 Å². The molecular weight excluding hydrogens is 296 g/mol. The first-order valence-electron chi connectivity index (χ1n) is 8.69. The van der Waals surface area contributed by atoms with Crippen molar-refractivity contribution in [1.82, 2.24) is 15.1 Å². The number of nitrogens with one attached hydrogen (secondary N) is 1. The van der Waals surface area contributed by atoms with E-state index in [9.17, 15) is 0 Å². The molecule has 0 saturated carbocycles. The number of likely N-dealkylation sites (tertiary alicyclic amines) is 1. The molecule has 1 unspecified atom stereocenters. The minimum absolute atomic E-state index is 0.671. The molecule has 2 saturated heterocycles. The van der Waals surface area contributed by atoms with Gasteiger partial charge in [0, 0.05) is 45.3 Å². The van der Waals surface area contributed by atoms with E-state index in [2.05, 4.69) is 28.3 Å². The zero-order valence-electron chi connectivity index (χ0n) is 14.2. The summed E-state index contributed by atoms with van der Waals surface area (Å²) < 4.78 is 5.46. The third-order valence-corrected chi connectivity index (χ3v) is 5.07. The van der Waals surface area contributed by atoms with Crippen molar-refractivity contribution in [1.29, 1.82) is 0 Å².